The summed E-state index contributed by atoms with van der Waals surface area (Å²) in [6.45, 7) is 1.88. The first-order chi connectivity index (χ1) is 6.72. The first-order valence-electron chi connectivity index (χ1n) is 5.10. The van der Waals surface area contributed by atoms with Crippen LogP contribution in [0.2, 0.25) is 0 Å². The molecule has 0 aromatic carbocycles. The molecule has 0 aromatic rings. The van der Waals surface area contributed by atoms with Crippen LogP contribution < -0.4 is 11.1 Å². The summed E-state index contributed by atoms with van der Waals surface area (Å²) in [5.41, 5.74) is 5.73. The molecule has 1 spiro atoms. The van der Waals surface area contributed by atoms with Crippen molar-refractivity contribution >= 4 is 5.91 Å². The fraction of sp³-hybridized carbons (Fsp3) is 0.900. The average molecular weight is 202 g/mol. The molecule has 1 unspecified atom stereocenters. The van der Waals surface area contributed by atoms with Crippen molar-refractivity contribution in [3.8, 4) is 0 Å². The van der Waals surface area contributed by atoms with Crippen LogP contribution in [0.1, 0.15) is 25.7 Å². The van der Waals surface area contributed by atoms with Gasteiger partial charge in [-0.15, -0.1) is 0 Å². The maximum Gasteiger partial charge on any atom is 0.221 e. The molecule has 0 radical (unpaired) electrons. The number of hydrogen-bond acceptors (Lipinski definition) is 2. The highest BCUT2D eigenvalue weighted by Gasteiger charge is 2.42. The summed E-state index contributed by atoms with van der Waals surface area (Å²) in [6.07, 6.45) is 4.91. The van der Waals surface area contributed by atoms with Crippen LogP contribution in [0.15, 0.2) is 0 Å². The summed E-state index contributed by atoms with van der Waals surface area (Å²) >= 11 is 0. The number of alkyl halides is 1. The molecule has 2 fully saturated rings. The maximum absolute atomic E-state index is 11.0. The minimum absolute atomic E-state index is 0.0825. The number of piperidine rings is 1. The van der Waals surface area contributed by atoms with Crippen molar-refractivity contribution in [2.75, 3.05) is 20.3 Å². The Morgan fingerprint density at radius 3 is 2.57 bits per heavy atom. The molecular formula is C10H19FN2O. The monoisotopic (exact) mass is 202 g/mol. The van der Waals surface area contributed by atoms with Gasteiger partial charge in [-0.1, -0.05) is 6.42 Å². The van der Waals surface area contributed by atoms with Gasteiger partial charge in [0.1, 0.15) is 0 Å². The molecule has 1 aliphatic carbocycles. The molecule has 4 heteroatoms. The SMILES string of the molecule is CF.NC(=O)C1CNCC2(CCC2)C1. The molecule has 1 saturated heterocycles. The molecule has 2 aliphatic rings. The highest BCUT2D eigenvalue weighted by atomic mass is 19.1. The molecule has 3 N–H and O–H groups in total. The summed E-state index contributed by atoms with van der Waals surface area (Å²) < 4.78 is 9.50. The van der Waals surface area contributed by atoms with Gasteiger partial charge in [-0.3, -0.25) is 9.18 Å². The molecule has 3 nitrogen and oxygen atoms in total. The Hall–Kier alpha value is -0.640. The number of primary amides is 1. The Balaban J connectivity index is 0.000000461. The largest absolute Gasteiger partial charge is 0.369 e. The van der Waals surface area contributed by atoms with Gasteiger partial charge in [-0.05, 0) is 24.7 Å². The second-order valence-corrected chi connectivity index (χ2v) is 4.29. The Kier molecular flexibility index (Phi) is 3.86. The van der Waals surface area contributed by atoms with Gasteiger partial charge in [0.2, 0.25) is 5.91 Å². The first kappa shape index (κ1) is 11.4. The lowest BCUT2D eigenvalue weighted by atomic mass is 9.62. The lowest BCUT2D eigenvalue weighted by Crippen LogP contribution is -2.51. The number of hydrogen-bond donors (Lipinski definition) is 2. The molecule has 1 atom stereocenters. The molecule has 1 amide bonds. The third-order valence-electron chi connectivity index (χ3n) is 3.39. The van der Waals surface area contributed by atoms with Crippen molar-refractivity contribution < 1.29 is 9.18 Å². The summed E-state index contributed by atoms with van der Waals surface area (Å²) in [4.78, 5) is 11.0. The smallest absolute Gasteiger partial charge is 0.221 e. The van der Waals surface area contributed by atoms with Gasteiger partial charge in [0.25, 0.3) is 0 Å². The van der Waals surface area contributed by atoms with Crippen molar-refractivity contribution in [2.45, 2.75) is 25.7 Å². The fourth-order valence-electron chi connectivity index (χ4n) is 2.44. The number of nitrogens with two attached hydrogens (primary N) is 1. The topological polar surface area (TPSA) is 55.1 Å². The van der Waals surface area contributed by atoms with Gasteiger partial charge in [0.15, 0.2) is 0 Å². The van der Waals surface area contributed by atoms with E-state index in [0.717, 1.165) is 19.5 Å². The molecule has 0 aromatic heterocycles. The van der Waals surface area contributed by atoms with Crippen molar-refractivity contribution in [1.29, 1.82) is 0 Å². The van der Waals surface area contributed by atoms with E-state index in [4.69, 9.17) is 5.73 Å². The summed E-state index contributed by atoms with van der Waals surface area (Å²) in [6, 6.07) is 0. The standard InChI is InChI=1S/C9H16N2O.CH3F/c10-8(12)7-4-9(2-1-3-9)6-11-5-7;1-2/h7,11H,1-6H2,(H2,10,12);1H3. The molecular weight excluding hydrogens is 183 g/mol. The van der Waals surface area contributed by atoms with E-state index in [1.807, 2.05) is 0 Å². The number of nitrogens with one attached hydrogen (secondary N) is 1. The molecule has 14 heavy (non-hydrogen) atoms. The van der Waals surface area contributed by atoms with E-state index in [1.165, 1.54) is 19.3 Å². The van der Waals surface area contributed by atoms with E-state index in [-0.39, 0.29) is 11.8 Å². The summed E-state index contributed by atoms with van der Waals surface area (Å²) in [5, 5.41) is 3.31. The Labute approximate surface area is 84.2 Å². The predicted molar refractivity (Wildman–Crippen MR) is 53.5 cm³/mol. The second kappa shape index (κ2) is 4.73. The normalized spacial score (nSPS) is 28.6. The number of rotatable bonds is 1. The molecule has 1 aliphatic heterocycles. The zero-order valence-electron chi connectivity index (χ0n) is 8.68. The van der Waals surface area contributed by atoms with Crippen molar-refractivity contribution in [2.24, 2.45) is 17.1 Å². The lowest BCUT2D eigenvalue weighted by molar-refractivity contribution is -0.124. The Morgan fingerprint density at radius 1 is 1.50 bits per heavy atom. The Morgan fingerprint density at radius 2 is 2.14 bits per heavy atom. The molecule has 0 bridgehead atoms. The number of amides is 1. The minimum Gasteiger partial charge on any atom is -0.369 e. The van der Waals surface area contributed by atoms with Crippen LogP contribution in [-0.2, 0) is 4.79 Å². The van der Waals surface area contributed by atoms with Gasteiger partial charge >= 0.3 is 0 Å². The van der Waals surface area contributed by atoms with Crippen LogP contribution in [0.3, 0.4) is 0 Å². The van der Waals surface area contributed by atoms with E-state index < -0.39 is 0 Å². The zero-order chi connectivity index (χ0) is 10.6. The van der Waals surface area contributed by atoms with Crippen LogP contribution >= 0.6 is 0 Å². The Bertz CT molecular complexity index is 204. The van der Waals surface area contributed by atoms with Gasteiger partial charge in [-0.2, -0.15) is 0 Å². The van der Waals surface area contributed by atoms with E-state index in [9.17, 15) is 9.18 Å². The number of carbonyl (C=O) groups excluding carboxylic acids is 1. The predicted octanol–water partition coefficient (Wildman–Crippen LogP) is 0.837. The summed E-state index contributed by atoms with van der Waals surface area (Å²) in [7, 11) is 0.500. The van der Waals surface area contributed by atoms with E-state index in [0.29, 0.717) is 12.6 Å². The van der Waals surface area contributed by atoms with Crippen molar-refractivity contribution in [3.63, 3.8) is 0 Å². The minimum atomic E-state index is -0.131. The van der Waals surface area contributed by atoms with Crippen LogP contribution in [-0.4, -0.2) is 26.2 Å². The lowest BCUT2D eigenvalue weighted by Gasteiger charge is -2.47. The van der Waals surface area contributed by atoms with E-state index >= 15 is 0 Å². The van der Waals surface area contributed by atoms with Gasteiger partial charge < -0.3 is 11.1 Å². The quantitative estimate of drug-likeness (QED) is 0.662. The maximum atomic E-state index is 11.0. The number of halogens is 1. The van der Waals surface area contributed by atoms with Crippen LogP contribution in [0.5, 0.6) is 0 Å². The fourth-order valence-corrected chi connectivity index (χ4v) is 2.44. The van der Waals surface area contributed by atoms with Crippen LogP contribution in [0.25, 0.3) is 0 Å². The van der Waals surface area contributed by atoms with Gasteiger partial charge in [-0.25, -0.2) is 0 Å². The first-order valence-corrected chi connectivity index (χ1v) is 5.10. The number of carbonyl (C=O) groups is 1. The summed E-state index contributed by atoms with van der Waals surface area (Å²) in [5.74, 6) is -0.0486. The van der Waals surface area contributed by atoms with Gasteiger partial charge in [0, 0.05) is 13.1 Å². The average Bonchev–Trinajstić information content (AvgIpc) is 2.19. The molecule has 1 heterocycles. The van der Waals surface area contributed by atoms with E-state index in [1.54, 1.807) is 0 Å². The third-order valence-corrected chi connectivity index (χ3v) is 3.39. The molecule has 2 rings (SSSR count). The van der Waals surface area contributed by atoms with Gasteiger partial charge in [0.05, 0.1) is 13.1 Å². The highest BCUT2D eigenvalue weighted by molar-refractivity contribution is 5.77. The van der Waals surface area contributed by atoms with Crippen molar-refractivity contribution in [1.82, 2.24) is 5.32 Å². The van der Waals surface area contributed by atoms with Crippen molar-refractivity contribution in [3.05, 3.63) is 0 Å². The van der Waals surface area contributed by atoms with Crippen LogP contribution in [0.4, 0.5) is 4.39 Å². The third kappa shape index (κ3) is 2.23. The van der Waals surface area contributed by atoms with Crippen LogP contribution in [0, 0.1) is 11.3 Å². The highest BCUT2D eigenvalue weighted by Crippen LogP contribution is 2.46. The molecule has 1 saturated carbocycles. The van der Waals surface area contributed by atoms with E-state index in [2.05, 4.69) is 5.32 Å². The second-order valence-electron chi connectivity index (χ2n) is 4.29. The molecule has 82 valence electrons. The zero-order valence-corrected chi connectivity index (χ0v) is 8.68.